The van der Waals surface area contributed by atoms with Gasteiger partial charge in [0.2, 0.25) is 5.91 Å². The zero-order valence-corrected chi connectivity index (χ0v) is 9.28. The van der Waals surface area contributed by atoms with Crippen molar-refractivity contribution in [3.63, 3.8) is 0 Å². The lowest BCUT2D eigenvalue weighted by Crippen LogP contribution is -2.46. The Kier molecular flexibility index (Phi) is 3.11. The molecule has 1 aromatic carbocycles. The van der Waals surface area contributed by atoms with E-state index in [1.165, 1.54) is 24.3 Å². The van der Waals surface area contributed by atoms with Crippen molar-refractivity contribution < 1.29 is 22.8 Å². The lowest BCUT2D eigenvalue weighted by molar-refractivity contribution is -0.174. The average molecular weight is 257 g/mol. The van der Waals surface area contributed by atoms with Crippen LogP contribution in [0.5, 0.6) is 0 Å². The van der Waals surface area contributed by atoms with E-state index in [1.54, 1.807) is 6.07 Å². The predicted molar refractivity (Wildman–Crippen MR) is 56.7 cm³/mol. The Morgan fingerprint density at radius 3 is 2.39 bits per heavy atom. The van der Waals surface area contributed by atoms with E-state index < -0.39 is 24.0 Å². The Balaban J connectivity index is 2.30. The lowest BCUT2D eigenvalue weighted by Gasteiger charge is -2.24. The maximum absolute atomic E-state index is 12.7. The van der Waals surface area contributed by atoms with E-state index in [1.807, 2.05) is 0 Å². The quantitative estimate of drug-likeness (QED) is 0.724. The van der Waals surface area contributed by atoms with Crippen LogP contribution in [-0.4, -0.2) is 28.9 Å². The smallest absolute Gasteiger partial charge is 0.274 e. The fraction of sp³-hybridized carbons (Fsp3) is 0.333. The van der Waals surface area contributed by atoms with Gasteiger partial charge in [0, 0.05) is 12.0 Å². The number of hydrogen-bond donors (Lipinski definition) is 0. The van der Waals surface area contributed by atoms with Gasteiger partial charge in [0.15, 0.2) is 0 Å². The summed E-state index contributed by atoms with van der Waals surface area (Å²) in [5.41, 5.74) is 0.0852. The fourth-order valence-corrected chi connectivity index (χ4v) is 1.97. The summed E-state index contributed by atoms with van der Waals surface area (Å²) in [6.07, 6.45) is -5.18. The van der Waals surface area contributed by atoms with E-state index >= 15 is 0 Å². The second-order valence-electron chi connectivity index (χ2n) is 4.03. The third-order valence-corrected chi connectivity index (χ3v) is 2.83. The molecule has 0 saturated carbocycles. The van der Waals surface area contributed by atoms with Gasteiger partial charge in [0.1, 0.15) is 6.04 Å². The van der Waals surface area contributed by atoms with Crippen molar-refractivity contribution in [2.45, 2.75) is 25.1 Å². The molecule has 2 amide bonds. The molecule has 0 spiro atoms. The molecule has 18 heavy (non-hydrogen) atoms. The zero-order valence-electron chi connectivity index (χ0n) is 9.28. The maximum atomic E-state index is 12.7. The first kappa shape index (κ1) is 12.6. The number of benzene rings is 1. The van der Waals surface area contributed by atoms with Crippen molar-refractivity contribution in [1.29, 1.82) is 0 Å². The molecular weight excluding hydrogens is 247 g/mol. The van der Waals surface area contributed by atoms with Gasteiger partial charge in [-0.05, 0) is 18.6 Å². The van der Waals surface area contributed by atoms with Crippen molar-refractivity contribution in [2.24, 2.45) is 0 Å². The van der Waals surface area contributed by atoms with Crippen LogP contribution in [-0.2, 0) is 4.79 Å². The van der Waals surface area contributed by atoms with E-state index in [4.69, 9.17) is 0 Å². The molecule has 1 fully saturated rings. The summed E-state index contributed by atoms with van der Waals surface area (Å²) in [7, 11) is 0. The van der Waals surface area contributed by atoms with Crippen molar-refractivity contribution in [1.82, 2.24) is 4.90 Å². The molecule has 0 aromatic heterocycles. The summed E-state index contributed by atoms with van der Waals surface area (Å²) in [6, 6.07) is 5.50. The molecular formula is C12H10F3NO2. The Morgan fingerprint density at radius 2 is 1.83 bits per heavy atom. The standard InChI is InChI=1S/C12H10F3NO2/c13-12(14,15)9-6-7-10(17)16(9)11(18)8-4-2-1-3-5-8/h1-5,9H,6-7H2/t9-/m0/s1. The van der Waals surface area contributed by atoms with Gasteiger partial charge in [-0.1, -0.05) is 18.2 Å². The fourth-order valence-electron chi connectivity index (χ4n) is 1.97. The van der Waals surface area contributed by atoms with Gasteiger partial charge in [0.05, 0.1) is 0 Å². The van der Waals surface area contributed by atoms with Crippen LogP contribution in [0.1, 0.15) is 23.2 Å². The Bertz CT molecular complexity index is 470. The van der Waals surface area contributed by atoms with Crippen molar-refractivity contribution in [3.8, 4) is 0 Å². The normalized spacial score (nSPS) is 20.3. The van der Waals surface area contributed by atoms with Gasteiger partial charge >= 0.3 is 6.18 Å². The summed E-state index contributed by atoms with van der Waals surface area (Å²) >= 11 is 0. The molecule has 1 saturated heterocycles. The van der Waals surface area contributed by atoms with E-state index in [-0.39, 0.29) is 18.4 Å². The largest absolute Gasteiger partial charge is 0.409 e. The number of likely N-dealkylation sites (tertiary alicyclic amines) is 1. The molecule has 0 N–H and O–H groups in total. The molecule has 3 nitrogen and oxygen atoms in total. The summed E-state index contributed by atoms with van der Waals surface area (Å²) < 4.78 is 38.1. The molecule has 1 aliphatic heterocycles. The van der Waals surface area contributed by atoms with Crippen LogP contribution in [0, 0.1) is 0 Å². The minimum Gasteiger partial charge on any atom is -0.274 e. The predicted octanol–water partition coefficient (Wildman–Crippen LogP) is 2.38. The van der Waals surface area contributed by atoms with Crippen LogP contribution in [0.3, 0.4) is 0 Å². The third-order valence-electron chi connectivity index (χ3n) is 2.83. The van der Waals surface area contributed by atoms with Gasteiger partial charge < -0.3 is 0 Å². The molecule has 2 rings (SSSR count). The van der Waals surface area contributed by atoms with E-state index in [2.05, 4.69) is 0 Å². The second-order valence-corrected chi connectivity index (χ2v) is 4.03. The number of carbonyl (C=O) groups is 2. The minimum absolute atomic E-state index is 0.0852. The number of imide groups is 1. The number of halogens is 3. The molecule has 1 aliphatic rings. The Hall–Kier alpha value is -1.85. The van der Waals surface area contributed by atoms with Crippen molar-refractivity contribution >= 4 is 11.8 Å². The maximum Gasteiger partial charge on any atom is 0.409 e. The zero-order chi connectivity index (χ0) is 13.3. The van der Waals surface area contributed by atoms with Gasteiger partial charge in [-0.3, -0.25) is 14.5 Å². The molecule has 1 heterocycles. The monoisotopic (exact) mass is 257 g/mol. The summed E-state index contributed by atoms with van der Waals surface area (Å²) in [4.78, 5) is 23.7. The summed E-state index contributed by atoms with van der Waals surface area (Å²) in [5.74, 6) is -1.66. The molecule has 0 aliphatic carbocycles. The highest BCUT2D eigenvalue weighted by Gasteiger charge is 2.51. The highest BCUT2D eigenvalue weighted by Crippen LogP contribution is 2.34. The minimum atomic E-state index is -4.57. The van der Waals surface area contributed by atoms with Crippen LogP contribution in [0.4, 0.5) is 13.2 Å². The first-order chi connectivity index (χ1) is 8.41. The van der Waals surface area contributed by atoms with E-state index in [0.717, 1.165) is 0 Å². The van der Waals surface area contributed by atoms with Crippen molar-refractivity contribution in [2.75, 3.05) is 0 Å². The summed E-state index contributed by atoms with van der Waals surface area (Å²) in [6.45, 7) is 0. The van der Waals surface area contributed by atoms with Gasteiger partial charge in [0.25, 0.3) is 5.91 Å². The van der Waals surface area contributed by atoms with Crippen LogP contribution in [0.15, 0.2) is 30.3 Å². The Morgan fingerprint density at radius 1 is 1.22 bits per heavy atom. The number of amides is 2. The highest BCUT2D eigenvalue weighted by molar-refractivity contribution is 6.06. The van der Waals surface area contributed by atoms with Crippen LogP contribution in [0.25, 0.3) is 0 Å². The van der Waals surface area contributed by atoms with Gasteiger partial charge in [-0.25, -0.2) is 0 Å². The number of rotatable bonds is 1. The SMILES string of the molecule is O=C1CC[C@@H](C(F)(F)F)N1C(=O)c1ccccc1. The Labute approximate surface area is 101 Å². The summed E-state index contributed by atoms with van der Waals surface area (Å²) in [5, 5.41) is 0. The number of carbonyl (C=O) groups excluding carboxylic acids is 2. The molecule has 0 radical (unpaired) electrons. The van der Waals surface area contributed by atoms with E-state index in [0.29, 0.717) is 4.90 Å². The van der Waals surface area contributed by atoms with Crippen molar-refractivity contribution in [3.05, 3.63) is 35.9 Å². The van der Waals surface area contributed by atoms with E-state index in [9.17, 15) is 22.8 Å². The number of hydrogen-bond acceptors (Lipinski definition) is 2. The van der Waals surface area contributed by atoms with Gasteiger partial charge in [-0.2, -0.15) is 13.2 Å². The highest BCUT2D eigenvalue weighted by atomic mass is 19.4. The van der Waals surface area contributed by atoms with Gasteiger partial charge in [-0.15, -0.1) is 0 Å². The molecule has 1 aromatic rings. The van der Waals surface area contributed by atoms with Crippen LogP contribution in [0.2, 0.25) is 0 Å². The molecule has 0 bridgehead atoms. The molecule has 6 heteroatoms. The average Bonchev–Trinajstić information content (AvgIpc) is 2.71. The lowest BCUT2D eigenvalue weighted by atomic mass is 10.1. The molecule has 0 unspecified atom stereocenters. The topological polar surface area (TPSA) is 37.4 Å². The number of alkyl halides is 3. The number of nitrogens with zero attached hydrogens (tertiary/aromatic N) is 1. The third kappa shape index (κ3) is 2.23. The first-order valence-corrected chi connectivity index (χ1v) is 5.39. The van der Waals surface area contributed by atoms with Crippen LogP contribution < -0.4 is 0 Å². The second kappa shape index (κ2) is 4.44. The van der Waals surface area contributed by atoms with Crippen LogP contribution >= 0.6 is 0 Å². The first-order valence-electron chi connectivity index (χ1n) is 5.39. The molecule has 1 atom stereocenters. The molecule has 96 valence electrons.